The van der Waals surface area contributed by atoms with Gasteiger partial charge in [-0.2, -0.15) is 5.10 Å². The third-order valence-corrected chi connectivity index (χ3v) is 4.14. The van der Waals surface area contributed by atoms with Crippen molar-refractivity contribution < 1.29 is 9.53 Å². The second-order valence-corrected chi connectivity index (χ2v) is 6.05. The van der Waals surface area contributed by atoms with Crippen LogP contribution in [0.1, 0.15) is 46.5 Å². The Labute approximate surface area is 138 Å². The quantitative estimate of drug-likeness (QED) is 0.788. The van der Waals surface area contributed by atoms with Crippen LogP contribution in [0.15, 0.2) is 29.4 Å². The van der Waals surface area contributed by atoms with Crippen molar-refractivity contribution in [3.8, 4) is 5.75 Å². The molecule has 0 heterocycles. The first kappa shape index (κ1) is 17.3. The maximum absolute atomic E-state index is 12.2. The van der Waals surface area contributed by atoms with E-state index in [1.54, 1.807) is 0 Å². The van der Waals surface area contributed by atoms with Crippen LogP contribution >= 0.6 is 0 Å². The zero-order valence-corrected chi connectivity index (χ0v) is 14.3. The molecule has 1 fully saturated rings. The molecule has 1 amide bonds. The van der Waals surface area contributed by atoms with Crippen LogP contribution in [0, 0.1) is 5.92 Å². The zero-order chi connectivity index (χ0) is 16.7. The number of hydrogen-bond acceptors (Lipinski definition) is 4. The number of hydrogen-bond donors (Lipinski definition) is 2. The molecular weight excluding hydrogens is 290 g/mol. The van der Waals surface area contributed by atoms with Gasteiger partial charge in [0.2, 0.25) is 0 Å². The first-order valence-corrected chi connectivity index (χ1v) is 8.46. The molecule has 1 aliphatic carbocycles. The lowest BCUT2D eigenvalue weighted by atomic mass is 9.89. The highest BCUT2D eigenvalue weighted by atomic mass is 16.5. The Morgan fingerprint density at radius 1 is 1.35 bits per heavy atom. The number of amides is 1. The summed E-state index contributed by atoms with van der Waals surface area (Å²) < 4.78 is 5.40. The second-order valence-electron chi connectivity index (χ2n) is 6.05. The lowest BCUT2D eigenvalue weighted by Gasteiger charge is -2.20. The fourth-order valence-electron chi connectivity index (χ4n) is 2.69. The lowest BCUT2D eigenvalue weighted by Crippen LogP contribution is -2.36. The Hall–Kier alpha value is -2.04. The summed E-state index contributed by atoms with van der Waals surface area (Å²) in [4.78, 5) is 12.2. The first-order valence-electron chi connectivity index (χ1n) is 8.46. The molecule has 2 atom stereocenters. The van der Waals surface area contributed by atoms with Crippen molar-refractivity contribution in [1.82, 2.24) is 5.43 Å². The van der Waals surface area contributed by atoms with E-state index in [2.05, 4.69) is 22.8 Å². The van der Waals surface area contributed by atoms with Gasteiger partial charge in [0.1, 0.15) is 11.8 Å². The number of carbonyl (C=O) groups is 1. The zero-order valence-electron chi connectivity index (χ0n) is 14.3. The van der Waals surface area contributed by atoms with Gasteiger partial charge >= 0.3 is 0 Å². The molecule has 5 nitrogen and oxygen atoms in total. The lowest BCUT2D eigenvalue weighted by molar-refractivity contribution is -0.121. The number of hydrazone groups is 1. The van der Waals surface area contributed by atoms with Gasteiger partial charge in [0.25, 0.3) is 5.91 Å². The van der Waals surface area contributed by atoms with Crippen LogP contribution in [-0.2, 0) is 4.79 Å². The molecule has 2 unspecified atom stereocenters. The Balaban J connectivity index is 1.85. The molecule has 23 heavy (non-hydrogen) atoms. The molecule has 0 bridgehead atoms. The highest BCUT2D eigenvalue weighted by molar-refractivity contribution is 5.90. The fourth-order valence-corrected chi connectivity index (χ4v) is 2.69. The summed E-state index contributed by atoms with van der Waals surface area (Å²) in [5.41, 5.74) is 4.69. The topological polar surface area (TPSA) is 62.7 Å². The van der Waals surface area contributed by atoms with Crippen molar-refractivity contribution in [3.05, 3.63) is 24.3 Å². The van der Waals surface area contributed by atoms with E-state index in [9.17, 15) is 4.79 Å². The number of benzene rings is 1. The molecule has 0 spiro atoms. The minimum atomic E-state index is -0.351. The molecular formula is C18H27N3O2. The highest BCUT2D eigenvalue weighted by Crippen LogP contribution is 2.20. The van der Waals surface area contributed by atoms with Crippen LogP contribution in [0.3, 0.4) is 0 Å². The summed E-state index contributed by atoms with van der Waals surface area (Å²) in [5.74, 6) is 1.18. The highest BCUT2D eigenvalue weighted by Gasteiger charge is 2.17. The summed E-state index contributed by atoms with van der Waals surface area (Å²) in [5, 5.41) is 7.50. The van der Waals surface area contributed by atoms with Gasteiger partial charge in [-0.05, 0) is 63.3 Å². The Morgan fingerprint density at radius 2 is 2.09 bits per heavy atom. The summed E-state index contributed by atoms with van der Waals surface area (Å²) in [6, 6.07) is 7.24. The van der Waals surface area contributed by atoms with Crippen LogP contribution in [0.25, 0.3) is 0 Å². The maximum Gasteiger partial charge on any atom is 0.262 e. The van der Waals surface area contributed by atoms with Crippen molar-refractivity contribution in [2.45, 2.75) is 52.5 Å². The molecule has 1 aromatic carbocycles. The monoisotopic (exact) mass is 317 g/mol. The molecule has 0 saturated heterocycles. The van der Waals surface area contributed by atoms with Crippen LogP contribution < -0.4 is 15.5 Å². The molecule has 0 aromatic heterocycles. The molecule has 1 saturated carbocycles. The van der Waals surface area contributed by atoms with Gasteiger partial charge in [-0.25, -0.2) is 5.43 Å². The molecule has 0 aliphatic heterocycles. The molecule has 2 rings (SSSR count). The summed E-state index contributed by atoms with van der Waals surface area (Å²) in [6.45, 7) is 6.60. The van der Waals surface area contributed by atoms with Gasteiger partial charge < -0.3 is 10.1 Å². The van der Waals surface area contributed by atoms with Crippen LogP contribution in [0.5, 0.6) is 5.75 Å². The Morgan fingerprint density at radius 3 is 2.74 bits per heavy atom. The van der Waals surface area contributed by atoms with Crippen molar-refractivity contribution in [1.29, 1.82) is 0 Å². The van der Waals surface area contributed by atoms with E-state index in [1.807, 2.05) is 38.1 Å². The summed E-state index contributed by atoms with van der Waals surface area (Å²) >= 11 is 0. The predicted molar refractivity (Wildman–Crippen MR) is 93.9 cm³/mol. The van der Waals surface area contributed by atoms with Gasteiger partial charge in [0, 0.05) is 11.4 Å². The van der Waals surface area contributed by atoms with Crippen LogP contribution in [-0.4, -0.2) is 24.3 Å². The van der Waals surface area contributed by atoms with Crippen molar-refractivity contribution in [2.75, 3.05) is 11.9 Å². The van der Waals surface area contributed by atoms with E-state index < -0.39 is 0 Å². The Kier molecular flexibility index (Phi) is 6.44. The van der Waals surface area contributed by atoms with Gasteiger partial charge in [-0.15, -0.1) is 0 Å². The SMILES string of the molecule is CCOc1ccc(NC(C)C(=O)NN=C2CCCCC2C)cc1. The van der Waals surface area contributed by atoms with Crippen molar-refractivity contribution in [2.24, 2.45) is 11.0 Å². The normalized spacial score (nSPS) is 20.8. The van der Waals surface area contributed by atoms with Gasteiger partial charge in [-0.3, -0.25) is 4.79 Å². The number of nitrogens with one attached hydrogen (secondary N) is 2. The minimum absolute atomic E-state index is 0.121. The van der Waals surface area contributed by atoms with Crippen molar-refractivity contribution in [3.63, 3.8) is 0 Å². The molecule has 1 aliphatic rings. The third kappa shape index (κ3) is 5.27. The van der Waals surface area contributed by atoms with Gasteiger partial charge in [-0.1, -0.05) is 13.3 Å². The second kappa shape index (κ2) is 8.56. The fraction of sp³-hybridized carbons (Fsp3) is 0.556. The average molecular weight is 317 g/mol. The third-order valence-electron chi connectivity index (χ3n) is 4.14. The number of nitrogens with zero attached hydrogens (tertiary/aromatic N) is 1. The summed E-state index contributed by atoms with van der Waals surface area (Å²) in [7, 11) is 0. The van der Waals surface area contributed by atoms with Crippen LogP contribution in [0.4, 0.5) is 5.69 Å². The molecule has 1 aromatic rings. The van der Waals surface area contributed by atoms with E-state index >= 15 is 0 Å². The molecule has 126 valence electrons. The maximum atomic E-state index is 12.2. The number of rotatable bonds is 6. The average Bonchev–Trinajstić information content (AvgIpc) is 2.56. The van der Waals surface area contributed by atoms with E-state index in [0.717, 1.165) is 30.0 Å². The number of anilines is 1. The van der Waals surface area contributed by atoms with E-state index in [4.69, 9.17) is 4.74 Å². The first-order chi connectivity index (χ1) is 11.1. The largest absolute Gasteiger partial charge is 0.494 e. The predicted octanol–water partition coefficient (Wildman–Crippen LogP) is 3.57. The van der Waals surface area contributed by atoms with Crippen molar-refractivity contribution >= 4 is 17.3 Å². The standard InChI is InChI=1S/C18H27N3O2/c1-4-23-16-11-9-15(10-12-16)19-14(3)18(22)21-20-17-8-6-5-7-13(17)2/h9-14,19H,4-8H2,1-3H3,(H,21,22). The molecule has 5 heteroatoms. The molecule has 2 N–H and O–H groups in total. The van der Waals surface area contributed by atoms with E-state index in [-0.39, 0.29) is 11.9 Å². The summed E-state index contributed by atoms with van der Waals surface area (Å²) in [6.07, 6.45) is 4.57. The minimum Gasteiger partial charge on any atom is -0.494 e. The number of carbonyl (C=O) groups excluding carboxylic acids is 1. The van der Waals surface area contributed by atoms with E-state index in [1.165, 1.54) is 12.8 Å². The molecule has 0 radical (unpaired) electrons. The van der Waals surface area contributed by atoms with E-state index in [0.29, 0.717) is 12.5 Å². The smallest absolute Gasteiger partial charge is 0.262 e. The van der Waals surface area contributed by atoms with Gasteiger partial charge in [0.15, 0.2) is 0 Å². The van der Waals surface area contributed by atoms with Gasteiger partial charge in [0.05, 0.1) is 6.61 Å². The number of ether oxygens (including phenoxy) is 1. The Bertz CT molecular complexity index is 540. The van der Waals surface area contributed by atoms with Crippen LogP contribution in [0.2, 0.25) is 0 Å².